The SMILES string of the molecule is COc1ccc(C(=O)N[C@@H](c2ccccc2)[C@@H](O)C(=O)OC(C)C)cc1. The maximum absolute atomic E-state index is 12.6. The van der Waals surface area contributed by atoms with Gasteiger partial charge in [-0.2, -0.15) is 0 Å². The van der Waals surface area contributed by atoms with Crippen LogP contribution in [0.2, 0.25) is 0 Å². The molecule has 6 heteroatoms. The molecule has 0 aromatic heterocycles. The standard InChI is InChI=1S/C20H23NO5/c1-13(2)26-20(24)18(22)17(14-7-5-4-6-8-14)21-19(23)15-9-11-16(25-3)12-10-15/h4-13,17-18,22H,1-3H3,(H,21,23)/t17-,18+/m0/s1. The molecule has 0 radical (unpaired) electrons. The Labute approximate surface area is 152 Å². The van der Waals surface area contributed by atoms with Gasteiger partial charge in [0.05, 0.1) is 19.3 Å². The molecule has 2 N–H and O–H groups in total. The van der Waals surface area contributed by atoms with Gasteiger partial charge < -0.3 is 19.9 Å². The largest absolute Gasteiger partial charge is 0.497 e. The average Bonchev–Trinajstić information content (AvgIpc) is 2.65. The molecule has 1 amide bonds. The maximum atomic E-state index is 12.6. The van der Waals surface area contributed by atoms with Crippen LogP contribution in [-0.2, 0) is 9.53 Å². The fourth-order valence-corrected chi connectivity index (χ4v) is 2.41. The Hall–Kier alpha value is -2.86. The van der Waals surface area contributed by atoms with Crippen LogP contribution in [0.3, 0.4) is 0 Å². The summed E-state index contributed by atoms with van der Waals surface area (Å²) < 4.78 is 10.1. The molecule has 0 unspecified atom stereocenters. The molecule has 2 rings (SSSR count). The number of hydrogen-bond donors (Lipinski definition) is 2. The van der Waals surface area contributed by atoms with Gasteiger partial charge >= 0.3 is 5.97 Å². The van der Waals surface area contributed by atoms with E-state index in [-0.39, 0.29) is 6.10 Å². The zero-order valence-electron chi connectivity index (χ0n) is 15.0. The first-order chi connectivity index (χ1) is 12.4. The van der Waals surface area contributed by atoms with E-state index in [1.165, 1.54) is 7.11 Å². The van der Waals surface area contributed by atoms with Crippen LogP contribution >= 0.6 is 0 Å². The summed E-state index contributed by atoms with van der Waals surface area (Å²) in [6.45, 7) is 3.39. The predicted molar refractivity (Wildman–Crippen MR) is 96.9 cm³/mol. The number of benzene rings is 2. The normalized spacial score (nSPS) is 13.0. The van der Waals surface area contributed by atoms with Gasteiger partial charge in [-0.25, -0.2) is 4.79 Å². The third kappa shape index (κ3) is 5.07. The number of aliphatic hydroxyl groups excluding tert-OH is 1. The van der Waals surface area contributed by atoms with Crippen molar-refractivity contribution in [1.29, 1.82) is 0 Å². The van der Waals surface area contributed by atoms with Gasteiger partial charge in [-0.15, -0.1) is 0 Å². The van der Waals surface area contributed by atoms with Gasteiger partial charge in [0.2, 0.25) is 0 Å². The Kier molecular flexibility index (Phi) is 6.74. The van der Waals surface area contributed by atoms with Gasteiger partial charge in [0, 0.05) is 5.56 Å². The number of ether oxygens (including phenoxy) is 2. The van der Waals surface area contributed by atoms with Crippen LogP contribution in [-0.4, -0.2) is 36.3 Å². The number of aliphatic hydroxyl groups is 1. The minimum atomic E-state index is -1.53. The number of carbonyl (C=O) groups is 2. The summed E-state index contributed by atoms with van der Waals surface area (Å²) in [4.78, 5) is 24.7. The Morgan fingerprint density at radius 2 is 1.62 bits per heavy atom. The van der Waals surface area contributed by atoms with E-state index in [2.05, 4.69) is 5.32 Å². The lowest BCUT2D eigenvalue weighted by Gasteiger charge is -2.24. The van der Waals surface area contributed by atoms with Crippen molar-refractivity contribution >= 4 is 11.9 Å². The predicted octanol–water partition coefficient (Wildman–Crippen LogP) is 2.48. The molecule has 2 atom stereocenters. The number of carbonyl (C=O) groups excluding carboxylic acids is 2. The van der Waals surface area contributed by atoms with E-state index in [1.54, 1.807) is 62.4 Å². The first-order valence-electron chi connectivity index (χ1n) is 8.30. The molecule has 0 aliphatic carbocycles. The molecule has 138 valence electrons. The number of amides is 1. The van der Waals surface area contributed by atoms with Crippen LogP contribution in [0, 0.1) is 0 Å². The minimum absolute atomic E-state index is 0.370. The molecular formula is C20H23NO5. The summed E-state index contributed by atoms with van der Waals surface area (Å²) in [6, 6.07) is 14.4. The molecule has 0 bridgehead atoms. The molecular weight excluding hydrogens is 334 g/mol. The molecule has 2 aromatic rings. The van der Waals surface area contributed by atoms with E-state index in [9.17, 15) is 14.7 Å². The minimum Gasteiger partial charge on any atom is -0.497 e. The smallest absolute Gasteiger partial charge is 0.337 e. The van der Waals surface area contributed by atoms with Crippen molar-refractivity contribution < 1.29 is 24.2 Å². The van der Waals surface area contributed by atoms with Gasteiger partial charge in [0.1, 0.15) is 5.75 Å². The molecule has 0 saturated carbocycles. The van der Waals surface area contributed by atoms with Crippen LogP contribution in [0.15, 0.2) is 54.6 Å². The summed E-state index contributed by atoms with van der Waals surface area (Å²) in [6.07, 6.45) is -1.90. The monoisotopic (exact) mass is 357 g/mol. The second kappa shape index (κ2) is 9.01. The van der Waals surface area contributed by atoms with Crippen molar-refractivity contribution in [3.63, 3.8) is 0 Å². The van der Waals surface area contributed by atoms with Crippen molar-refractivity contribution in [3.8, 4) is 5.75 Å². The molecule has 0 heterocycles. The fraction of sp³-hybridized carbons (Fsp3) is 0.300. The van der Waals surface area contributed by atoms with E-state index >= 15 is 0 Å². The summed E-state index contributed by atoms with van der Waals surface area (Å²) >= 11 is 0. The zero-order valence-corrected chi connectivity index (χ0v) is 15.0. The summed E-state index contributed by atoms with van der Waals surface area (Å²) in [5.41, 5.74) is 0.985. The quantitative estimate of drug-likeness (QED) is 0.744. The van der Waals surface area contributed by atoms with Crippen molar-refractivity contribution in [2.24, 2.45) is 0 Å². The Balaban J connectivity index is 2.23. The molecule has 2 aromatic carbocycles. The second-order valence-electron chi connectivity index (χ2n) is 6.02. The number of nitrogens with one attached hydrogen (secondary N) is 1. The van der Waals surface area contributed by atoms with Crippen molar-refractivity contribution in [3.05, 3.63) is 65.7 Å². The lowest BCUT2D eigenvalue weighted by Crippen LogP contribution is -2.41. The topological polar surface area (TPSA) is 84.9 Å². The van der Waals surface area contributed by atoms with Crippen molar-refractivity contribution in [1.82, 2.24) is 5.32 Å². The van der Waals surface area contributed by atoms with Gasteiger partial charge in [0.25, 0.3) is 5.91 Å². The molecule has 26 heavy (non-hydrogen) atoms. The lowest BCUT2D eigenvalue weighted by molar-refractivity contribution is -0.159. The lowest BCUT2D eigenvalue weighted by atomic mass is 10.0. The van der Waals surface area contributed by atoms with Gasteiger partial charge in [-0.05, 0) is 43.7 Å². The third-order valence-corrected chi connectivity index (χ3v) is 3.71. The van der Waals surface area contributed by atoms with E-state index in [4.69, 9.17) is 9.47 Å². The molecule has 0 spiro atoms. The van der Waals surface area contributed by atoms with Crippen LogP contribution in [0.5, 0.6) is 5.75 Å². The highest BCUT2D eigenvalue weighted by atomic mass is 16.6. The van der Waals surface area contributed by atoms with Crippen molar-refractivity contribution in [2.75, 3.05) is 7.11 Å². The fourth-order valence-electron chi connectivity index (χ4n) is 2.41. The Bertz CT molecular complexity index is 728. The van der Waals surface area contributed by atoms with E-state index < -0.39 is 24.0 Å². The van der Waals surface area contributed by atoms with Crippen LogP contribution < -0.4 is 10.1 Å². The van der Waals surface area contributed by atoms with E-state index in [0.29, 0.717) is 16.9 Å². The maximum Gasteiger partial charge on any atom is 0.337 e. The zero-order chi connectivity index (χ0) is 19.1. The molecule has 0 fully saturated rings. The Morgan fingerprint density at radius 3 is 2.15 bits per heavy atom. The highest BCUT2D eigenvalue weighted by Crippen LogP contribution is 2.20. The third-order valence-electron chi connectivity index (χ3n) is 3.71. The van der Waals surface area contributed by atoms with Gasteiger partial charge in [-0.3, -0.25) is 4.79 Å². The van der Waals surface area contributed by atoms with Crippen LogP contribution in [0.4, 0.5) is 0 Å². The van der Waals surface area contributed by atoms with Crippen molar-refractivity contribution in [2.45, 2.75) is 32.1 Å². The number of methoxy groups -OCH3 is 1. The van der Waals surface area contributed by atoms with Crippen LogP contribution in [0.25, 0.3) is 0 Å². The number of rotatable bonds is 7. The molecule has 0 aliphatic heterocycles. The highest BCUT2D eigenvalue weighted by Gasteiger charge is 2.31. The van der Waals surface area contributed by atoms with E-state index in [0.717, 1.165) is 0 Å². The van der Waals surface area contributed by atoms with E-state index in [1.807, 2.05) is 6.07 Å². The molecule has 0 saturated heterocycles. The van der Waals surface area contributed by atoms with Crippen LogP contribution in [0.1, 0.15) is 35.8 Å². The first kappa shape index (κ1) is 19.5. The highest BCUT2D eigenvalue weighted by molar-refractivity contribution is 5.95. The molecule has 6 nitrogen and oxygen atoms in total. The number of esters is 1. The summed E-state index contributed by atoms with van der Waals surface area (Å²) in [5, 5.41) is 13.2. The second-order valence-corrected chi connectivity index (χ2v) is 6.02. The number of hydrogen-bond acceptors (Lipinski definition) is 5. The molecule has 0 aliphatic rings. The van der Waals surface area contributed by atoms with Gasteiger partial charge in [-0.1, -0.05) is 30.3 Å². The Morgan fingerprint density at radius 1 is 1.00 bits per heavy atom. The summed E-state index contributed by atoms with van der Waals surface area (Å²) in [7, 11) is 1.54. The van der Waals surface area contributed by atoms with Gasteiger partial charge in [0.15, 0.2) is 6.10 Å². The first-order valence-corrected chi connectivity index (χ1v) is 8.30. The average molecular weight is 357 g/mol. The summed E-state index contributed by atoms with van der Waals surface area (Å²) in [5.74, 6) is -0.580.